The van der Waals surface area contributed by atoms with Crippen molar-refractivity contribution in [2.75, 3.05) is 6.61 Å². The third kappa shape index (κ3) is 3.78. The molecule has 1 aliphatic rings. The maximum atomic E-state index is 11.6. The zero-order valence-electron chi connectivity index (χ0n) is 14.5. The van der Waals surface area contributed by atoms with Gasteiger partial charge in [-0.1, -0.05) is 0 Å². The van der Waals surface area contributed by atoms with E-state index in [1.165, 1.54) is 0 Å². The van der Waals surface area contributed by atoms with Gasteiger partial charge in [0.05, 0.1) is 12.3 Å². The van der Waals surface area contributed by atoms with Crippen molar-refractivity contribution in [2.45, 2.75) is 12.8 Å². The number of fused-ring (bicyclic) bond motifs is 1. The molecule has 2 N–H and O–H groups in total. The van der Waals surface area contributed by atoms with Crippen LogP contribution in [0.5, 0.6) is 5.75 Å². The van der Waals surface area contributed by atoms with Gasteiger partial charge in [-0.25, -0.2) is 15.4 Å². The van der Waals surface area contributed by atoms with Crippen LogP contribution in [0.25, 0.3) is 11.3 Å². The van der Waals surface area contributed by atoms with E-state index in [0.29, 0.717) is 18.6 Å². The molecule has 27 heavy (non-hydrogen) atoms. The molecule has 0 bridgehead atoms. The predicted molar refractivity (Wildman–Crippen MR) is 97.4 cm³/mol. The molecule has 1 aromatic carbocycles. The highest BCUT2D eigenvalue weighted by Crippen LogP contribution is 2.29. The molecular formula is C20H18N4O3. The molecule has 0 radical (unpaired) electrons. The van der Waals surface area contributed by atoms with Crippen LogP contribution >= 0.6 is 0 Å². The molecule has 4 rings (SSSR count). The monoisotopic (exact) mass is 362 g/mol. The fraction of sp³-hybridized carbons (Fsp3) is 0.200. The second-order valence-corrected chi connectivity index (χ2v) is 6.45. The van der Waals surface area contributed by atoms with Gasteiger partial charge in [0, 0.05) is 42.1 Å². The first-order valence-corrected chi connectivity index (χ1v) is 8.65. The highest BCUT2D eigenvalue weighted by atomic mass is 16.5. The van der Waals surface area contributed by atoms with Gasteiger partial charge in [0.25, 0.3) is 5.91 Å². The molecule has 3 heterocycles. The van der Waals surface area contributed by atoms with Crippen molar-refractivity contribution in [3.63, 3.8) is 0 Å². The molecule has 136 valence electrons. The molecule has 0 saturated heterocycles. The second kappa shape index (κ2) is 7.51. The number of pyridine rings is 1. The largest absolute Gasteiger partial charge is 0.493 e. The van der Waals surface area contributed by atoms with Gasteiger partial charge >= 0.3 is 0 Å². The van der Waals surface area contributed by atoms with E-state index in [-0.39, 0.29) is 5.92 Å². The Labute approximate surface area is 156 Å². The molecule has 7 heteroatoms. The maximum Gasteiger partial charge on any atom is 0.274 e. The van der Waals surface area contributed by atoms with Gasteiger partial charge in [-0.2, -0.15) is 0 Å². The highest BCUT2D eigenvalue weighted by molar-refractivity contribution is 5.93. The summed E-state index contributed by atoms with van der Waals surface area (Å²) in [6.45, 7) is 0.568. The van der Waals surface area contributed by atoms with Crippen LogP contribution in [0.3, 0.4) is 0 Å². The van der Waals surface area contributed by atoms with Crippen LogP contribution < -0.4 is 10.2 Å². The van der Waals surface area contributed by atoms with Crippen molar-refractivity contribution in [1.82, 2.24) is 20.4 Å². The van der Waals surface area contributed by atoms with E-state index >= 15 is 0 Å². The minimum absolute atomic E-state index is 0.203. The Hall–Kier alpha value is -3.32. The van der Waals surface area contributed by atoms with Crippen LogP contribution in [0.1, 0.15) is 21.7 Å². The van der Waals surface area contributed by atoms with Gasteiger partial charge in [0.2, 0.25) is 0 Å². The van der Waals surface area contributed by atoms with Crippen LogP contribution in [-0.2, 0) is 12.8 Å². The molecule has 1 amide bonds. The van der Waals surface area contributed by atoms with Crippen molar-refractivity contribution < 1.29 is 14.7 Å². The smallest absolute Gasteiger partial charge is 0.274 e. The third-order valence-electron chi connectivity index (χ3n) is 4.54. The normalized spacial score (nSPS) is 15.5. The summed E-state index contributed by atoms with van der Waals surface area (Å²) >= 11 is 0. The first-order valence-electron chi connectivity index (χ1n) is 8.65. The Morgan fingerprint density at radius 3 is 3.00 bits per heavy atom. The number of hydrogen-bond acceptors (Lipinski definition) is 6. The number of hydrogen-bond donors (Lipinski definition) is 2. The third-order valence-corrected chi connectivity index (χ3v) is 4.54. The number of ether oxygens (including phenoxy) is 1. The first-order chi connectivity index (χ1) is 13.2. The number of amides is 1. The fourth-order valence-electron chi connectivity index (χ4n) is 3.22. The number of rotatable bonds is 4. The second-order valence-electron chi connectivity index (χ2n) is 6.45. The van der Waals surface area contributed by atoms with E-state index in [1.807, 2.05) is 18.2 Å². The van der Waals surface area contributed by atoms with Gasteiger partial charge in [-0.3, -0.25) is 15.0 Å². The van der Waals surface area contributed by atoms with E-state index < -0.39 is 5.91 Å². The Morgan fingerprint density at radius 1 is 1.26 bits per heavy atom. The van der Waals surface area contributed by atoms with Crippen LogP contribution in [0.2, 0.25) is 0 Å². The fourth-order valence-corrected chi connectivity index (χ4v) is 3.22. The first kappa shape index (κ1) is 17.1. The van der Waals surface area contributed by atoms with Gasteiger partial charge in [0.1, 0.15) is 11.6 Å². The lowest BCUT2D eigenvalue weighted by atomic mass is 9.92. The van der Waals surface area contributed by atoms with Gasteiger partial charge in [0.15, 0.2) is 0 Å². The van der Waals surface area contributed by atoms with E-state index in [9.17, 15) is 4.79 Å². The molecule has 0 aliphatic carbocycles. The molecule has 1 atom stereocenters. The van der Waals surface area contributed by atoms with Crippen molar-refractivity contribution in [2.24, 2.45) is 5.92 Å². The zero-order chi connectivity index (χ0) is 18.6. The summed E-state index contributed by atoms with van der Waals surface area (Å²) in [5.41, 5.74) is 4.78. The summed E-state index contributed by atoms with van der Waals surface area (Å²) in [4.78, 5) is 24.8. The summed E-state index contributed by atoms with van der Waals surface area (Å²) in [7, 11) is 0. The number of aromatic nitrogens is 3. The molecule has 7 nitrogen and oxygen atoms in total. The molecule has 1 aliphatic heterocycles. The lowest BCUT2D eigenvalue weighted by molar-refractivity contribution is 0.0706. The number of carbonyl (C=O) groups excluding carboxylic acids is 1. The van der Waals surface area contributed by atoms with Crippen molar-refractivity contribution >= 4 is 5.91 Å². The molecule has 3 aromatic rings. The number of hydroxylamine groups is 1. The van der Waals surface area contributed by atoms with Gasteiger partial charge in [-0.05, 0) is 48.4 Å². The van der Waals surface area contributed by atoms with E-state index in [1.54, 1.807) is 42.3 Å². The van der Waals surface area contributed by atoms with Gasteiger partial charge in [-0.15, -0.1) is 0 Å². The topological polar surface area (TPSA) is 97.2 Å². The molecule has 0 spiro atoms. The summed E-state index contributed by atoms with van der Waals surface area (Å²) in [6, 6.07) is 10.9. The van der Waals surface area contributed by atoms with E-state index in [2.05, 4.69) is 15.0 Å². The quantitative estimate of drug-likeness (QED) is 0.547. The van der Waals surface area contributed by atoms with Crippen molar-refractivity contribution in [1.29, 1.82) is 0 Å². The van der Waals surface area contributed by atoms with Crippen LogP contribution in [0.4, 0.5) is 0 Å². The molecule has 1 unspecified atom stereocenters. The predicted octanol–water partition coefficient (Wildman–Crippen LogP) is 2.45. The average Bonchev–Trinajstić information content (AvgIpc) is 2.73. The number of nitrogens with zero attached hydrogens (tertiary/aromatic N) is 3. The van der Waals surface area contributed by atoms with Crippen molar-refractivity contribution in [3.05, 3.63) is 71.9 Å². The van der Waals surface area contributed by atoms with Gasteiger partial charge < -0.3 is 4.74 Å². The molecule has 0 fully saturated rings. The Morgan fingerprint density at radius 2 is 2.19 bits per heavy atom. The Balaban J connectivity index is 1.51. The zero-order valence-corrected chi connectivity index (χ0v) is 14.5. The molecular weight excluding hydrogens is 344 g/mol. The summed E-state index contributed by atoms with van der Waals surface area (Å²) in [5, 5.41) is 8.81. The number of benzene rings is 1. The van der Waals surface area contributed by atoms with E-state index in [4.69, 9.17) is 9.94 Å². The van der Waals surface area contributed by atoms with Crippen LogP contribution in [0, 0.1) is 5.92 Å². The minimum atomic E-state index is -0.535. The SMILES string of the molecule is O=C(NO)c1ccc2c(c1)CC(Cc1nccc(-c3cccnc3)n1)CO2. The highest BCUT2D eigenvalue weighted by Gasteiger charge is 2.22. The minimum Gasteiger partial charge on any atom is -0.493 e. The summed E-state index contributed by atoms with van der Waals surface area (Å²) in [6.07, 6.45) is 6.69. The molecule has 0 saturated carbocycles. The van der Waals surface area contributed by atoms with Crippen molar-refractivity contribution in [3.8, 4) is 17.0 Å². The number of carbonyl (C=O) groups is 1. The standard InChI is InChI=1S/C20H18N4O3/c25-20(24-26)14-3-4-18-16(10-14)8-13(12-27-18)9-19-22-7-5-17(23-19)15-2-1-6-21-11-15/h1-7,10-11,13,26H,8-9,12H2,(H,24,25). The molecule has 2 aromatic heterocycles. The number of nitrogens with one attached hydrogen (secondary N) is 1. The Bertz CT molecular complexity index is 962. The van der Waals surface area contributed by atoms with Crippen LogP contribution in [-0.4, -0.2) is 32.7 Å². The lowest BCUT2D eigenvalue weighted by Crippen LogP contribution is -2.25. The maximum absolute atomic E-state index is 11.6. The summed E-state index contributed by atoms with van der Waals surface area (Å²) < 4.78 is 5.83. The summed E-state index contributed by atoms with van der Waals surface area (Å²) in [5.74, 6) is 1.19. The Kier molecular flexibility index (Phi) is 4.76. The average molecular weight is 362 g/mol. The van der Waals surface area contributed by atoms with E-state index in [0.717, 1.165) is 34.8 Å². The lowest BCUT2D eigenvalue weighted by Gasteiger charge is -2.25. The van der Waals surface area contributed by atoms with Crippen LogP contribution in [0.15, 0.2) is 55.0 Å².